The molecular weight excluding hydrogens is 456 g/mol. The lowest BCUT2D eigenvalue weighted by atomic mass is 10.1. The number of rotatable bonds is 9. The number of nitrogens with one attached hydrogen (secondary N) is 1. The van der Waals surface area contributed by atoms with Crippen molar-refractivity contribution in [1.82, 2.24) is 15.0 Å². The zero-order valence-corrected chi connectivity index (χ0v) is 18.2. The number of halogens is 4. The molecule has 0 aliphatic carbocycles. The van der Waals surface area contributed by atoms with Crippen molar-refractivity contribution < 1.29 is 31.7 Å². The van der Waals surface area contributed by atoms with Crippen LogP contribution in [0, 0.1) is 5.82 Å². The number of amides is 2. The van der Waals surface area contributed by atoms with Gasteiger partial charge < -0.3 is 14.7 Å². The fraction of sp³-hybridized carbons (Fsp3) is 0.304. The van der Waals surface area contributed by atoms with Crippen LogP contribution in [0.4, 0.5) is 23.2 Å². The number of likely N-dealkylation sites (N-methyl/N-ethyl adjacent to an activating group) is 1. The van der Waals surface area contributed by atoms with Gasteiger partial charge in [0.05, 0.1) is 17.8 Å². The Bertz CT molecular complexity index is 1130. The summed E-state index contributed by atoms with van der Waals surface area (Å²) >= 11 is 0. The fourth-order valence-corrected chi connectivity index (χ4v) is 3.20. The Labute approximate surface area is 192 Å². The predicted molar refractivity (Wildman–Crippen MR) is 115 cm³/mol. The molecule has 180 valence electrons. The standard InChI is InChI=1S/C23H22F4N4O3/c1-2-31(14-19(32)28-18-7-4-3-6-17(18)23(25,26)27)21(33)9-5-8-20-29-22(30-34-20)15-10-12-16(24)13-11-15/h3-4,6-7,10-13H,2,5,8-9,14H2,1H3,(H,28,32). The third kappa shape index (κ3) is 6.63. The maximum Gasteiger partial charge on any atom is 0.418 e. The molecule has 1 aromatic heterocycles. The zero-order valence-electron chi connectivity index (χ0n) is 18.2. The zero-order chi connectivity index (χ0) is 24.7. The van der Waals surface area contributed by atoms with Crippen LogP contribution >= 0.6 is 0 Å². The van der Waals surface area contributed by atoms with Gasteiger partial charge in [0.2, 0.25) is 23.5 Å². The second-order valence-corrected chi connectivity index (χ2v) is 7.37. The summed E-state index contributed by atoms with van der Waals surface area (Å²) < 4.78 is 57.5. The first-order chi connectivity index (χ1) is 16.2. The topological polar surface area (TPSA) is 88.3 Å². The molecule has 0 saturated carbocycles. The highest BCUT2D eigenvalue weighted by Crippen LogP contribution is 2.34. The van der Waals surface area contributed by atoms with E-state index in [1.54, 1.807) is 6.92 Å². The van der Waals surface area contributed by atoms with Gasteiger partial charge in [0.1, 0.15) is 5.82 Å². The number of aryl methyl sites for hydroxylation is 1. The number of aromatic nitrogens is 2. The summed E-state index contributed by atoms with van der Waals surface area (Å²) in [6, 6.07) is 10.2. The number of carbonyl (C=O) groups is 2. The molecule has 3 rings (SSSR count). The molecule has 0 unspecified atom stereocenters. The van der Waals surface area contributed by atoms with Gasteiger partial charge in [-0.15, -0.1) is 0 Å². The van der Waals surface area contributed by atoms with Gasteiger partial charge in [-0.25, -0.2) is 4.39 Å². The molecule has 3 aromatic rings. The SMILES string of the molecule is CCN(CC(=O)Nc1ccccc1C(F)(F)F)C(=O)CCCc1nc(-c2ccc(F)cc2)no1. The Morgan fingerprint density at radius 3 is 2.47 bits per heavy atom. The first-order valence-corrected chi connectivity index (χ1v) is 10.5. The molecule has 0 saturated heterocycles. The van der Waals surface area contributed by atoms with Crippen molar-refractivity contribution in [3.05, 3.63) is 65.8 Å². The van der Waals surface area contributed by atoms with E-state index in [2.05, 4.69) is 15.5 Å². The van der Waals surface area contributed by atoms with Crippen LogP contribution in [0.1, 0.15) is 31.2 Å². The largest absolute Gasteiger partial charge is 0.418 e. The van der Waals surface area contributed by atoms with Crippen molar-refractivity contribution in [2.75, 3.05) is 18.4 Å². The van der Waals surface area contributed by atoms with Crippen LogP contribution in [-0.4, -0.2) is 39.9 Å². The number of para-hydroxylation sites is 1. The number of hydrogen-bond acceptors (Lipinski definition) is 5. The summed E-state index contributed by atoms with van der Waals surface area (Å²) in [5.74, 6) is -0.846. The monoisotopic (exact) mass is 478 g/mol. The van der Waals surface area contributed by atoms with E-state index >= 15 is 0 Å². The van der Waals surface area contributed by atoms with Crippen LogP contribution in [-0.2, 0) is 22.2 Å². The minimum atomic E-state index is -4.62. The van der Waals surface area contributed by atoms with Gasteiger partial charge >= 0.3 is 6.18 Å². The molecule has 0 aliphatic rings. The normalized spacial score (nSPS) is 11.3. The highest BCUT2D eigenvalue weighted by molar-refractivity contribution is 5.95. The molecule has 0 radical (unpaired) electrons. The van der Waals surface area contributed by atoms with E-state index < -0.39 is 17.6 Å². The van der Waals surface area contributed by atoms with Crippen molar-refractivity contribution in [3.8, 4) is 11.4 Å². The maximum atomic E-state index is 13.1. The average Bonchev–Trinajstić information content (AvgIpc) is 3.26. The number of benzene rings is 2. The van der Waals surface area contributed by atoms with Gasteiger partial charge in [-0.2, -0.15) is 18.2 Å². The molecule has 0 spiro atoms. The summed E-state index contributed by atoms with van der Waals surface area (Å²) in [5, 5.41) is 6.06. The lowest BCUT2D eigenvalue weighted by Crippen LogP contribution is -2.38. The smallest absolute Gasteiger partial charge is 0.339 e. The quantitative estimate of drug-likeness (QED) is 0.451. The Balaban J connectivity index is 1.51. The number of carbonyl (C=O) groups excluding carboxylic acids is 2. The molecule has 0 bridgehead atoms. The Morgan fingerprint density at radius 1 is 1.09 bits per heavy atom. The highest BCUT2D eigenvalue weighted by Gasteiger charge is 2.33. The minimum absolute atomic E-state index is 0.0779. The molecule has 2 amide bonds. The van der Waals surface area contributed by atoms with E-state index in [0.717, 1.165) is 12.1 Å². The Hall–Kier alpha value is -3.76. The molecule has 0 fully saturated rings. The number of nitrogens with zero attached hydrogens (tertiary/aromatic N) is 3. The van der Waals surface area contributed by atoms with Crippen LogP contribution in [0.15, 0.2) is 53.1 Å². The van der Waals surface area contributed by atoms with Crippen molar-refractivity contribution in [1.29, 1.82) is 0 Å². The first kappa shape index (κ1) is 24.9. The van der Waals surface area contributed by atoms with Crippen LogP contribution in [0.2, 0.25) is 0 Å². The van der Waals surface area contributed by atoms with Gasteiger partial charge in [0.15, 0.2) is 0 Å². The van der Waals surface area contributed by atoms with E-state index in [-0.39, 0.29) is 36.9 Å². The Kier molecular flexibility index (Phi) is 7.98. The van der Waals surface area contributed by atoms with E-state index in [0.29, 0.717) is 30.1 Å². The predicted octanol–water partition coefficient (Wildman–Crippen LogP) is 4.70. The van der Waals surface area contributed by atoms with E-state index in [4.69, 9.17) is 4.52 Å². The van der Waals surface area contributed by atoms with Gasteiger partial charge in [0.25, 0.3) is 0 Å². The molecule has 34 heavy (non-hydrogen) atoms. The summed E-state index contributed by atoms with van der Waals surface area (Å²) in [7, 11) is 0. The van der Waals surface area contributed by atoms with Gasteiger partial charge in [0, 0.05) is 24.9 Å². The third-order valence-corrected chi connectivity index (χ3v) is 4.93. The lowest BCUT2D eigenvalue weighted by Gasteiger charge is -2.21. The first-order valence-electron chi connectivity index (χ1n) is 10.5. The van der Waals surface area contributed by atoms with E-state index in [9.17, 15) is 27.2 Å². The van der Waals surface area contributed by atoms with E-state index in [1.807, 2.05) is 0 Å². The van der Waals surface area contributed by atoms with Crippen molar-refractivity contribution >= 4 is 17.5 Å². The number of anilines is 1. The second-order valence-electron chi connectivity index (χ2n) is 7.37. The fourth-order valence-electron chi connectivity index (χ4n) is 3.20. The molecule has 2 aromatic carbocycles. The molecule has 0 atom stereocenters. The van der Waals surface area contributed by atoms with Gasteiger partial charge in [-0.05, 0) is 49.7 Å². The minimum Gasteiger partial charge on any atom is -0.339 e. The summed E-state index contributed by atoms with van der Waals surface area (Å²) in [4.78, 5) is 30.3. The van der Waals surface area contributed by atoms with Gasteiger partial charge in [-0.1, -0.05) is 17.3 Å². The molecule has 11 heteroatoms. The Morgan fingerprint density at radius 2 is 1.79 bits per heavy atom. The van der Waals surface area contributed by atoms with Crippen LogP contribution in [0.25, 0.3) is 11.4 Å². The highest BCUT2D eigenvalue weighted by atomic mass is 19.4. The van der Waals surface area contributed by atoms with Crippen molar-refractivity contribution in [2.45, 2.75) is 32.4 Å². The lowest BCUT2D eigenvalue weighted by molar-refractivity contribution is -0.137. The molecule has 0 aliphatic heterocycles. The van der Waals surface area contributed by atoms with Crippen LogP contribution < -0.4 is 5.32 Å². The van der Waals surface area contributed by atoms with Crippen LogP contribution in [0.3, 0.4) is 0 Å². The second kappa shape index (κ2) is 10.9. The molecule has 1 N–H and O–H groups in total. The average molecular weight is 478 g/mol. The molecular formula is C23H22F4N4O3. The summed E-state index contributed by atoms with van der Waals surface area (Å²) in [6.07, 6.45) is -3.87. The van der Waals surface area contributed by atoms with E-state index in [1.165, 1.54) is 41.3 Å². The van der Waals surface area contributed by atoms with Gasteiger partial charge in [-0.3, -0.25) is 9.59 Å². The third-order valence-electron chi connectivity index (χ3n) is 4.93. The molecule has 1 heterocycles. The number of alkyl halides is 3. The number of hydrogen-bond donors (Lipinski definition) is 1. The van der Waals surface area contributed by atoms with Crippen molar-refractivity contribution in [2.24, 2.45) is 0 Å². The van der Waals surface area contributed by atoms with Crippen molar-refractivity contribution in [3.63, 3.8) is 0 Å². The van der Waals surface area contributed by atoms with Crippen LogP contribution in [0.5, 0.6) is 0 Å². The summed E-state index contributed by atoms with van der Waals surface area (Å²) in [6.45, 7) is 1.50. The molecule has 7 nitrogen and oxygen atoms in total. The summed E-state index contributed by atoms with van der Waals surface area (Å²) in [5.41, 5.74) is -0.739. The maximum absolute atomic E-state index is 13.1.